The van der Waals surface area contributed by atoms with Crippen LogP contribution in [0.4, 0.5) is 0 Å². The summed E-state index contributed by atoms with van der Waals surface area (Å²) in [6.45, 7) is 5.77. The third-order valence-electron chi connectivity index (χ3n) is 2.44. The van der Waals surface area contributed by atoms with E-state index in [0.29, 0.717) is 0 Å². The molecule has 0 N–H and O–H groups in total. The van der Waals surface area contributed by atoms with E-state index in [0.717, 1.165) is 5.56 Å². The van der Waals surface area contributed by atoms with E-state index in [1.54, 1.807) is 6.92 Å². The summed E-state index contributed by atoms with van der Waals surface area (Å²) in [6, 6.07) is 9.29. The lowest BCUT2D eigenvalue weighted by Crippen LogP contribution is -2.34. The van der Waals surface area contributed by atoms with Crippen molar-refractivity contribution in [2.75, 3.05) is 12.5 Å². The highest BCUT2D eigenvalue weighted by Gasteiger charge is 2.22. The zero-order chi connectivity index (χ0) is 14.3. The first-order valence-corrected chi connectivity index (χ1v) is 6.39. The summed E-state index contributed by atoms with van der Waals surface area (Å²) in [5.41, 5.74) is 0.878. The van der Waals surface area contributed by atoms with Gasteiger partial charge in [0.05, 0.1) is 13.2 Å². The van der Waals surface area contributed by atoms with Crippen LogP contribution >= 0.6 is 11.6 Å². The summed E-state index contributed by atoms with van der Waals surface area (Å²) in [5.74, 6) is -1.22. The van der Waals surface area contributed by atoms with Gasteiger partial charge in [0.25, 0.3) is 0 Å². The van der Waals surface area contributed by atoms with Gasteiger partial charge in [-0.3, -0.25) is 4.79 Å². The minimum Gasteiger partial charge on any atom is -0.461 e. The van der Waals surface area contributed by atoms with Gasteiger partial charge in [-0.1, -0.05) is 36.9 Å². The van der Waals surface area contributed by atoms with Crippen molar-refractivity contribution in [3.05, 3.63) is 48.2 Å². The molecule has 4 nitrogen and oxygen atoms in total. The average molecular weight is 282 g/mol. The van der Waals surface area contributed by atoms with Gasteiger partial charge < -0.3 is 9.64 Å². The Morgan fingerprint density at radius 1 is 1.32 bits per heavy atom. The first-order chi connectivity index (χ1) is 9.10. The highest BCUT2D eigenvalue weighted by Crippen LogP contribution is 2.12. The average Bonchev–Trinajstić information content (AvgIpc) is 2.44. The fourth-order valence-electron chi connectivity index (χ4n) is 1.50. The highest BCUT2D eigenvalue weighted by atomic mass is 35.5. The molecule has 0 spiro atoms. The summed E-state index contributed by atoms with van der Waals surface area (Å²) < 4.78 is 4.84. The first-order valence-electron chi connectivity index (χ1n) is 5.86. The van der Waals surface area contributed by atoms with Crippen molar-refractivity contribution in [2.24, 2.45) is 0 Å². The van der Waals surface area contributed by atoms with Gasteiger partial charge in [-0.25, -0.2) is 4.79 Å². The van der Waals surface area contributed by atoms with Crippen LogP contribution in [0.2, 0.25) is 0 Å². The molecule has 0 aliphatic rings. The number of rotatable bonds is 6. The summed E-state index contributed by atoms with van der Waals surface area (Å²) in [4.78, 5) is 24.7. The molecule has 0 fully saturated rings. The molecule has 0 bridgehead atoms. The Bertz CT molecular complexity index is 459. The molecule has 0 saturated carbocycles. The second-order valence-electron chi connectivity index (χ2n) is 3.77. The lowest BCUT2D eigenvalue weighted by molar-refractivity contribution is -0.143. The number of carbonyl (C=O) groups is 2. The lowest BCUT2D eigenvalue weighted by Gasteiger charge is -2.22. The van der Waals surface area contributed by atoms with Crippen LogP contribution in [0.25, 0.3) is 0 Å². The fraction of sp³-hybridized carbons (Fsp3) is 0.286. The molecule has 19 heavy (non-hydrogen) atoms. The minimum absolute atomic E-state index is 0.00338. The van der Waals surface area contributed by atoms with Crippen LogP contribution in [0, 0.1) is 0 Å². The maximum Gasteiger partial charge on any atom is 0.354 e. The van der Waals surface area contributed by atoms with Crippen molar-refractivity contribution >= 4 is 23.5 Å². The van der Waals surface area contributed by atoms with E-state index in [2.05, 4.69) is 6.58 Å². The maximum atomic E-state index is 11.8. The van der Waals surface area contributed by atoms with Crippen molar-refractivity contribution in [1.29, 1.82) is 0 Å². The largest absolute Gasteiger partial charge is 0.461 e. The Morgan fingerprint density at radius 3 is 2.47 bits per heavy atom. The van der Waals surface area contributed by atoms with E-state index in [4.69, 9.17) is 16.3 Å². The molecular weight excluding hydrogens is 266 g/mol. The van der Waals surface area contributed by atoms with E-state index < -0.39 is 5.97 Å². The van der Waals surface area contributed by atoms with Crippen LogP contribution in [0.1, 0.15) is 12.5 Å². The molecule has 1 aromatic rings. The van der Waals surface area contributed by atoms with Gasteiger partial charge in [-0.2, -0.15) is 0 Å². The zero-order valence-electron chi connectivity index (χ0n) is 10.8. The number of halogens is 1. The Morgan fingerprint density at radius 2 is 1.95 bits per heavy atom. The van der Waals surface area contributed by atoms with Gasteiger partial charge in [0.15, 0.2) is 0 Å². The van der Waals surface area contributed by atoms with Gasteiger partial charge in [-0.15, -0.1) is 11.6 Å². The van der Waals surface area contributed by atoms with Gasteiger partial charge in [0.2, 0.25) is 5.91 Å². The van der Waals surface area contributed by atoms with Crippen LogP contribution in [-0.2, 0) is 20.9 Å². The summed E-state index contributed by atoms with van der Waals surface area (Å²) >= 11 is 5.55. The first kappa shape index (κ1) is 15.2. The van der Waals surface area contributed by atoms with E-state index in [1.807, 2.05) is 30.3 Å². The van der Waals surface area contributed by atoms with Crippen LogP contribution in [0.5, 0.6) is 0 Å². The predicted molar refractivity (Wildman–Crippen MR) is 73.5 cm³/mol. The Hall–Kier alpha value is -1.81. The summed E-state index contributed by atoms with van der Waals surface area (Å²) in [6.07, 6.45) is 0. The molecule has 0 aromatic heterocycles. The molecule has 1 rings (SSSR count). The van der Waals surface area contributed by atoms with Crippen molar-refractivity contribution in [3.8, 4) is 0 Å². The van der Waals surface area contributed by atoms with Crippen LogP contribution in [-0.4, -0.2) is 29.3 Å². The number of carbonyl (C=O) groups excluding carboxylic acids is 2. The number of ether oxygens (including phenoxy) is 1. The molecule has 1 amide bonds. The molecule has 0 saturated heterocycles. The van der Waals surface area contributed by atoms with Crippen molar-refractivity contribution in [3.63, 3.8) is 0 Å². The normalized spacial score (nSPS) is 9.79. The standard InChI is InChI=1S/C14H16ClNO3/c1-3-19-14(18)11(2)16(13(17)9-15)10-12-7-5-4-6-8-12/h4-8H,2-3,9-10H2,1H3. The van der Waals surface area contributed by atoms with Gasteiger partial charge in [0, 0.05) is 0 Å². The van der Waals surface area contributed by atoms with Crippen molar-refractivity contribution in [1.82, 2.24) is 4.90 Å². The smallest absolute Gasteiger partial charge is 0.354 e. The monoisotopic (exact) mass is 281 g/mol. The summed E-state index contributed by atoms with van der Waals surface area (Å²) in [5, 5.41) is 0. The quantitative estimate of drug-likeness (QED) is 0.457. The predicted octanol–water partition coefficient (Wildman–Crippen LogP) is 2.33. The second-order valence-corrected chi connectivity index (χ2v) is 4.03. The fourth-order valence-corrected chi connectivity index (χ4v) is 1.64. The molecule has 0 heterocycles. The van der Waals surface area contributed by atoms with Crippen LogP contribution in [0.3, 0.4) is 0 Å². The van der Waals surface area contributed by atoms with Gasteiger partial charge in [0.1, 0.15) is 11.6 Å². The van der Waals surface area contributed by atoms with E-state index in [9.17, 15) is 9.59 Å². The van der Waals surface area contributed by atoms with Crippen molar-refractivity contribution in [2.45, 2.75) is 13.5 Å². The molecule has 1 aromatic carbocycles. The molecule has 0 radical (unpaired) electrons. The Kier molecular flexibility index (Phi) is 6.09. The molecular formula is C14H16ClNO3. The van der Waals surface area contributed by atoms with E-state index in [-0.39, 0.29) is 30.6 Å². The van der Waals surface area contributed by atoms with E-state index in [1.165, 1.54) is 4.90 Å². The number of amides is 1. The minimum atomic E-state index is -0.614. The number of hydrogen-bond acceptors (Lipinski definition) is 3. The maximum absolute atomic E-state index is 11.8. The molecule has 0 aliphatic carbocycles. The molecule has 0 aliphatic heterocycles. The van der Waals surface area contributed by atoms with Gasteiger partial charge in [-0.05, 0) is 12.5 Å². The Labute approximate surface area is 117 Å². The second kappa shape index (κ2) is 7.59. The topological polar surface area (TPSA) is 46.6 Å². The number of alkyl halides is 1. The Balaban J connectivity index is 2.86. The molecule has 0 unspecified atom stereocenters. The third-order valence-corrected chi connectivity index (χ3v) is 2.66. The number of hydrogen-bond donors (Lipinski definition) is 0. The summed E-state index contributed by atoms with van der Waals surface area (Å²) in [7, 11) is 0. The number of esters is 1. The van der Waals surface area contributed by atoms with Crippen LogP contribution < -0.4 is 0 Å². The molecule has 0 atom stereocenters. The SMILES string of the molecule is C=C(C(=O)OCC)N(Cc1ccccc1)C(=O)CCl. The molecule has 102 valence electrons. The highest BCUT2D eigenvalue weighted by molar-refractivity contribution is 6.27. The third kappa shape index (κ3) is 4.41. The van der Waals surface area contributed by atoms with E-state index >= 15 is 0 Å². The molecule has 5 heteroatoms. The van der Waals surface area contributed by atoms with Gasteiger partial charge >= 0.3 is 5.97 Å². The number of nitrogens with zero attached hydrogens (tertiary/aromatic N) is 1. The van der Waals surface area contributed by atoms with Crippen molar-refractivity contribution < 1.29 is 14.3 Å². The lowest BCUT2D eigenvalue weighted by atomic mass is 10.2. The zero-order valence-corrected chi connectivity index (χ0v) is 11.5. The number of benzene rings is 1. The van der Waals surface area contributed by atoms with Crippen LogP contribution in [0.15, 0.2) is 42.6 Å².